The fourth-order valence-corrected chi connectivity index (χ4v) is 4.68. The van der Waals surface area contributed by atoms with Gasteiger partial charge in [0.1, 0.15) is 18.2 Å². The number of halogens is 3. The first kappa shape index (κ1) is 21.0. The van der Waals surface area contributed by atoms with E-state index in [4.69, 9.17) is 42.1 Å². The number of aromatic nitrogens is 2. The van der Waals surface area contributed by atoms with Crippen LogP contribution >= 0.6 is 39.1 Å². The summed E-state index contributed by atoms with van der Waals surface area (Å²) >= 11 is 16.0. The molecule has 2 fully saturated rings. The van der Waals surface area contributed by atoms with Gasteiger partial charge < -0.3 is 24.3 Å². The van der Waals surface area contributed by atoms with Crippen molar-refractivity contribution in [3.05, 3.63) is 45.1 Å². The molecule has 0 saturated carbocycles. The molecule has 3 heterocycles. The summed E-state index contributed by atoms with van der Waals surface area (Å²) < 4.78 is 24.1. The van der Waals surface area contributed by atoms with E-state index in [1.165, 1.54) is 6.33 Å². The molecule has 2 aliphatic rings. The molecular weight excluding hydrogens is 509 g/mol. The minimum absolute atomic E-state index is 0.0627. The van der Waals surface area contributed by atoms with E-state index in [-0.39, 0.29) is 18.3 Å². The molecule has 2 unspecified atom stereocenters. The molecular formula is C21H18BrCl2N3O4. The molecule has 2 aromatic carbocycles. The molecule has 3 aromatic rings. The van der Waals surface area contributed by atoms with Crippen molar-refractivity contribution in [3.63, 3.8) is 0 Å². The van der Waals surface area contributed by atoms with Crippen LogP contribution in [0.2, 0.25) is 10.0 Å². The topological polar surface area (TPSA) is 74.7 Å². The number of nitrogens with zero attached hydrogens (tertiary/aromatic N) is 2. The number of benzene rings is 2. The number of rotatable bonds is 5. The lowest BCUT2D eigenvalue weighted by Gasteiger charge is -2.20. The Bertz CT molecular complexity index is 1150. The van der Waals surface area contributed by atoms with Crippen molar-refractivity contribution >= 4 is 61.5 Å². The number of hydrogen-bond acceptors (Lipinski definition) is 7. The van der Waals surface area contributed by atoms with Crippen LogP contribution in [0.3, 0.4) is 0 Å². The molecule has 31 heavy (non-hydrogen) atoms. The first-order valence-electron chi connectivity index (χ1n) is 9.68. The van der Waals surface area contributed by atoms with Gasteiger partial charge in [0.25, 0.3) is 0 Å². The largest absolute Gasteiger partial charge is 0.493 e. The minimum Gasteiger partial charge on any atom is -0.493 e. The zero-order valence-corrected chi connectivity index (χ0v) is 19.5. The molecule has 1 N–H and O–H groups in total. The van der Waals surface area contributed by atoms with Crippen molar-refractivity contribution in [3.8, 4) is 11.5 Å². The fraction of sp³-hybridized carbons (Fsp3) is 0.333. The maximum absolute atomic E-state index is 6.39. The second-order valence-corrected chi connectivity index (χ2v) is 8.85. The van der Waals surface area contributed by atoms with Crippen molar-refractivity contribution in [2.24, 2.45) is 0 Å². The number of methoxy groups -OCH3 is 1. The zero-order chi connectivity index (χ0) is 21.5. The first-order chi connectivity index (χ1) is 15.0. The number of ether oxygens (including phenoxy) is 4. The van der Waals surface area contributed by atoms with Crippen LogP contribution in [0.25, 0.3) is 10.9 Å². The van der Waals surface area contributed by atoms with Gasteiger partial charge in [0.2, 0.25) is 0 Å². The van der Waals surface area contributed by atoms with Crippen molar-refractivity contribution in [2.75, 3.05) is 25.6 Å². The van der Waals surface area contributed by atoms with Crippen LogP contribution in [-0.2, 0) is 9.47 Å². The van der Waals surface area contributed by atoms with Gasteiger partial charge in [-0.25, -0.2) is 9.97 Å². The smallest absolute Gasteiger partial charge is 0.164 e. The number of anilines is 2. The Kier molecular flexibility index (Phi) is 5.83. The van der Waals surface area contributed by atoms with E-state index in [0.717, 1.165) is 11.8 Å². The predicted molar refractivity (Wildman–Crippen MR) is 122 cm³/mol. The lowest BCUT2D eigenvalue weighted by molar-refractivity contribution is 0.0298. The maximum atomic E-state index is 6.39. The fourth-order valence-electron chi connectivity index (χ4n) is 3.86. The number of nitrogens with one attached hydrogen (secondary N) is 1. The molecule has 0 radical (unpaired) electrons. The normalized spacial score (nSPS) is 22.5. The Morgan fingerprint density at radius 3 is 2.84 bits per heavy atom. The monoisotopic (exact) mass is 525 g/mol. The van der Waals surface area contributed by atoms with Gasteiger partial charge in [-0.3, -0.25) is 0 Å². The molecule has 3 atom stereocenters. The summed E-state index contributed by atoms with van der Waals surface area (Å²) in [4.78, 5) is 8.77. The second kappa shape index (κ2) is 8.60. The first-order valence-corrected chi connectivity index (χ1v) is 11.2. The van der Waals surface area contributed by atoms with Crippen molar-refractivity contribution in [2.45, 2.75) is 24.7 Å². The van der Waals surface area contributed by atoms with E-state index in [9.17, 15) is 0 Å². The Balaban J connectivity index is 1.49. The summed E-state index contributed by atoms with van der Waals surface area (Å²) in [5, 5.41) is 4.79. The van der Waals surface area contributed by atoms with Crippen molar-refractivity contribution < 1.29 is 18.9 Å². The Morgan fingerprint density at radius 1 is 1.13 bits per heavy atom. The van der Waals surface area contributed by atoms with Gasteiger partial charge >= 0.3 is 0 Å². The molecule has 162 valence electrons. The molecule has 1 aromatic heterocycles. The Morgan fingerprint density at radius 2 is 2.00 bits per heavy atom. The molecule has 2 saturated heterocycles. The summed E-state index contributed by atoms with van der Waals surface area (Å²) in [5.74, 6) is 1.71. The van der Waals surface area contributed by atoms with Gasteiger partial charge in [-0.05, 0) is 40.5 Å². The molecule has 7 nitrogen and oxygen atoms in total. The minimum atomic E-state index is -0.193. The van der Waals surface area contributed by atoms with Crippen molar-refractivity contribution in [1.82, 2.24) is 9.97 Å². The van der Waals surface area contributed by atoms with Crippen LogP contribution < -0.4 is 14.8 Å². The van der Waals surface area contributed by atoms with Gasteiger partial charge in [0, 0.05) is 22.5 Å². The summed E-state index contributed by atoms with van der Waals surface area (Å²) in [6, 6.07) is 7.30. The lowest BCUT2D eigenvalue weighted by Crippen LogP contribution is -2.32. The number of fused-ring (bicyclic) bond motifs is 2. The third-order valence-corrected chi connectivity index (χ3v) is 7.18. The van der Waals surface area contributed by atoms with Crippen molar-refractivity contribution in [1.29, 1.82) is 0 Å². The molecule has 5 rings (SSSR count). The second-order valence-electron chi connectivity index (χ2n) is 7.24. The predicted octanol–water partition coefficient (Wildman–Crippen LogP) is 5.39. The highest BCUT2D eigenvalue weighted by Gasteiger charge is 2.43. The summed E-state index contributed by atoms with van der Waals surface area (Å²) in [5.41, 5.74) is 1.32. The third kappa shape index (κ3) is 3.91. The molecule has 0 amide bonds. The molecule has 0 spiro atoms. The SMILES string of the molecule is COc1cc2c(Nc3ccc(Br)c(Cl)c3Cl)ncnc2cc1O[C@@H]1COC2CCOC21. The van der Waals surface area contributed by atoms with E-state index in [2.05, 4.69) is 31.2 Å². The lowest BCUT2D eigenvalue weighted by atomic mass is 10.1. The summed E-state index contributed by atoms with van der Waals surface area (Å²) in [7, 11) is 1.59. The van der Waals surface area contributed by atoms with Gasteiger partial charge in [-0.1, -0.05) is 23.2 Å². The van der Waals surface area contributed by atoms with Gasteiger partial charge in [-0.2, -0.15) is 0 Å². The van der Waals surface area contributed by atoms with E-state index in [0.29, 0.717) is 56.3 Å². The van der Waals surface area contributed by atoms with E-state index >= 15 is 0 Å². The highest BCUT2D eigenvalue weighted by atomic mass is 79.9. The maximum Gasteiger partial charge on any atom is 0.164 e. The summed E-state index contributed by atoms with van der Waals surface area (Å²) in [6.45, 7) is 1.17. The average Bonchev–Trinajstić information content (AvgIpc) is 3.39. The quantitative estimate of drug-likeness (QED) is 0.447. The van der Waals surface area contributed by atoms with E-state index < -0.39 is 0 Å². The Hall–Kier alpha value is -1.84. The average molecular weight is 527 g/mol. The van der Waals surface area contributed by atoms with Gasteiger partial charge in [0.15, 0.2) is 17.6 Å². The molecule has 2 aliphatic heterocycles. The zero-order valence-electron chi connectivity index (χ0n) is 16.4. The van der Waals surface area contributed by atoms with Crippen LogP contribution in [0.4, 0.5) is 11.5 Å². The molecule has 0 aliphatic carbocycles. The Labute approximate surface area is 197 Å². The highest BCUT2D eigenvalue weighted by Crippen LogP contribution is 2.40. The number of hydrogen-bond donors (Lipinski definition) is 1. The summed E-state index contributed by atoms with van der Waals surface area (Å²) in [6.07, 6.45) is 2.21. The third-order valence-electron chi connectivity index (χ3n) is 5.41. The standard InChI is InChI=1S/C21H18BrCl2N3O4/c1-28-15-6-10-13(7-16(15)31-17-8-30-14-4-5-29-20(14)17)25-9-26-21(10)27-12-3-2-11(22)18(23)19(12)24/h2-3,6-7,9,14,17,20H,4-5,8H2,1H3,(H,25,26,27)/t14?,17-,20?/m1/s1. The van der Waals surface area contributed by atoms with Crippen LogP contribution in [-0.4, -0.2) is 48.6 Å². The van der Waals surface area contributed by atoms with Crippen LogP contribution in [0.15, 0.2) is 35.1 Å². The van der Waals surface area contributed by atoms with Gasteiger partial charge in [0.05, 0.1) is 41.1 Å². The van der Waals surface area contributed by atoms with Gasteiger partial charge in [-0.15, -0.1) is 0 Å². The van der Waals surface area contributed by atoms with E-state index in [1.54, 1.807) is 7.11 Å². The van der Waals surface area contributed by atoms with E-state index in [1.807, 2.05) is 24.3 Å². The highest BCUT2D eigenvalue weighted by molar-refractivity contribution is 9.10. The van der Waals surface area contributed by atoms with Crippen LogP contribution in [0, 0.1) is 0 Å². The molecule has 0 bridgehead atoms. The van der Waals surface area contributed by atoms with Crippen LogP contribution in [0.1, 0.15) is 6.42 Å². The molecule has 10 heteroatoms. The van der Waals surface area contributed by atoms with Crippen LogP contribution in [0.5, 0.6) is 11.5 Å².